The minimum atomic E-state index is -2.33. The second kappa shape index (κ2) is 13.1. The third kappa shape index (κ3) is 13.1. The lowest BCUT2D eigenvalue weighted by Gasteiger charge is -2.41. The second-order valence-electron chi connectivity index (χ2n) is 8.93. The van der Waals surface area contributed by atoms with Gasteiger partial charge in [-0.3, -0.25) is 0 Å². The van der Waals surface area contributed by atoms with Gasteiger partial charge in [0.2, 0.25) is 0 Å². The van der Waals surface area contributed by atoms with Gasteiger partial charge < -0.3 is 17.7 Å². The molecule has 0 aromatic rings. The lowest BCUT2D eigenvalue weighted by atomic mass is 10.4. The van der Waals surface area contributed by atoms with Gasteiger partial charge in [-0.25, -0.2) is 4.79 Å². The van der Waals surface area contributed by atoms with Gasteiger partial charge in [0.05, 0.1) is 6.61 Å². The molecule has 1 atom stereocenters. The van der Waals surface area contributed by atoms with Crippen molar-refractivity contribution in [2.75, 3.05) is 19.8 Å². The van der Waals surface area contributed by atoms with Crippen molar-refractivity contribution in [3.63, 3.8) is 0 Å². The molecule has 0 aliphatic rings. The average molecular weight is 449 g/mol. The van der Waals surface area contributed by atoms with E-state index in [2.05, 4.69) is 46.2 Å². The van der Waals surface area contributed by atoms with Crippen LogP contribution in [0.3, 0.4) is 0 Å². The van der Waals surface area contributed by atoms with Crippen molar-refractivity contribution in [3.05, 3.63) is 12.2 Å². The predicted molar refractivity (Wildman–Crippen MR) is 125 cm³/mol. The summed E-state index contributed by atoms with van der Waals surface area (Å²) in [4.78, 5) is 11.5. The van der Waals surface area contributed by atoms with Crippen molar-refractivity contribution in [1.29, 1.82) is 0 Å². The minimum absolute atomic E-state index is 0.316. The van der Waals surface area contributed by atoms with Crippen LogP contribution in [0.25, 0.3) is 0 Å². The Labute approximate surface area is 176 Å². The zero-order chi connectivity index (χ0) is 21.8. The Bertz CT molecular complexity index is 482. The van der Waals surface area contributed by atoms with Gasteiger partial charge in [0.15, 0.2) is 16.6 Å². The van der Waals surface area contributed by atoms with Gasteiger partial charge in [-0.15, -0.1) is 0 Å². The van der Waals surface area contributed by atoms with E-state index in [0.29, 0.717) is 18.8 Å². The molecular weight excluding hydrogens is 404 g/mol. The van der Waals surface area contributed by atoms with Crippen LogP contribution in [0.15, 0.2) is 12.2 Å². The lowest BCUT2D eigenvalue weighted by molar-refractivity contribution is -0.138. The summed E-state index contributed by atoms with van der Waals surface area (Å²) in [7, 11) is -6.03. The van der Waals surface area contributed by atoms with E-state index in [9.17, 15) is 4.79 Å². The predicted octanol–water partition coefficient (Wildman–Crippen LogP) is 5.85. The molecule has 0 aromatic carbocycles. The van der Waals surface area contributed by atoms with Crippen molar-refractivity contribution in [2.45, 2.75) is 90.9 Å². The maximum Gasteiger partial charge on any atom is 0.333 e. The number of carbonyl (C=O) groups excluding carboxylic acids is 1. The van der Waals surface area contributed by atoms with Gasteiger partial charge >= 0.3 is 14.5 Å². The summed E-state index contributed by atoms with van der Waals surface area (Å²) in [5, 5.41) is 0. The summed E-state index contributed by atoms with van der Waals surface area (Å²) in [6.07, 6.45) is 3.22. The molecule has 0 heterocycles. The third-order valence-corrected chi connectivity index (χ3v) is 16.6. The van der Waals surface area contributed by atoms with Crippen molar-refractivity contribution < 1.29 is 22.5 Å². The van der Waals surface area contributed by atoms with Gasteiger partial charge in [0.25, 0.3) is 0 Å². The fraction of sp³-hybridized carbons (Fsp3) is 0.850. The SMILES string of the molecule is C=C(C)C(=O)OCCC[Si](C)(C)O[Si](C)(CCOCC)O[Si](C)(C)CCCC. The summed E-state index contributed by atoms with van der Waals surface area (Å²) in [6, 6.07) is 2.97. The van der Waals surface area contributed by atoms with Crippen LogP contribution in [-0.4, -0.2) is 51.0 Å². The van der Waals surface area contributed by atoms with Crippen LogP contribution in [-0.2, 0) is 22.5 Å². The highest BCUT2D eigenvalue weighted by Crippen LogP contribution is 2.29. The average Bonchev–Trinajstić information content (AvgIpc) is 2.55. The summed E-state index contributed by atoms with van der Waals surface area (Å²) in [6.45, 7) is 22.7. The van der Waals surface area contributed by atoms with Crippen molar-refractivity contribution in [1.82, 2.24) is 0 Å². The van der Waals surface area contributed by atoms with Crippen LogP contribution in [0.4, 0.5) is 0 Å². The molecule has 1 unspecified atom stereocenters. The normalized spacial score (nSPS) is 14.6. The van der Waals surface area contributed by atoms with E-state index in [1.54, 1.807) is 6.92 Å². The molecular formula is C20H44O5Si3. The summed E-state index contributed by atoms with van der Waals surface area (Å²) in [5.41, 5.74) is 0.441. The zero-order valence-electron chi connectivity index (χ0n) is 19.6. The Morgan fingerprint density at radius 2 is 1.39 bits per heavy atom. The number of carbonyl (C=O) groups is 1. The van der Waals surface area contributed by atoms with Gasteiger partial charge in [0, 0.05) is 24.8 Å². The number of esters is 1. The first-order valence-electron chi connectivity index (χ1n) is 10.7. The molecule has 0 aliphatic heterocycles. The van der Waals surface area contributed by atoms with Crippen LogP contribution in [0.1, 0.15) is 40.0 Å². The molecule has 0 spiro atoms. The molecule has 0 saturated carbocycles. The van der Waals surface area contributed by atoms with Crippen LogP contribution in [0, 0.1) is 0 Å². The first-order valence-corrected chi connectivity index (χ1v) is 19.4. The number of hydrogen-bond donors (Lipinski definition) is 0. The zero-order valence-corrected chi connectivity index (χ0v) is 22.6. The first-order chi connectivity index (χ1) is 12.9. The largest absolute Gasteiger partial charge is 0.462 e. The first kappa shape index (κ1) is 27.7. The number of hydrogen-bond acceptors (Lipinski definition) is 5. The molecule has 28 heavy (non-hydrogen) atoms. The molecule has 0 amide bonds. The molecule has 0 saturated heterocycles. The van der Waals surface area contributed by atoms with E-state index in [1.807, 2.05) is 6.92 Å². The third-order valence-electron chi connectivity index (χ3n) is 4.53. The Morgan fingerprint density at radius 3 is 1.86 bits per heavy atom. The Hall–Kier alpha value is -0.259. The Morgan fingerprint density at radius 1 is 0.857 bits per heavy atom. The van der Waals surface area contributed by atoms with E-state index in [1.165, 1.54) is 18.9 Å². The van der Waals surface area contributed by atoms with E-state index < -0.39 is 25.2 Å². The van der Waals surface area contributed by atoms with E-state index in [4.69, 9.17) is 17.7 Å². The van der Waals surface area contributed by atoms with Gasteiger partial charge in [-0.05, 0) is 65.1 Å². The topological polar surface area (TPSA) is 54.0 Å². The molecule has 0 N–H and O–H groups in total. The minimum Gasteiger partial charge on any atom is -0.462 e. The Balaban J connectivity index is 4.88. The van der Waals surface area contributed by atoms with E-state index in [-0.39, 0.29) is 5.97 Å². The summed E-state index contributed by atoms with van der Waals surface area (Å²) < 4.78 is 24.4. The van der Waals surface area contributed by atoms with Crippen molar-refractivity contribution in [3.8, 4) is 0 Å². The van der Waals surface area contributed by atoms with Crippen LogP contribution in [0.5, 0.6) is 0 Å². The quantitative estimate of drug-likeness (QED) is 0.128. The smallest absolute Gasteiger partial charge is 0.333 e. The highest BCUT2D eigenvalue weighted by Gasteiger charge is 2.42. The number of rotatable bonds is 16. The van der Waals surface area contributed by atoms with Crippen LogP contribution in [0.2, 0.25) is 50.9 Å². The molecule has 0 rings (SSSR count). The highest BCUT2D eigenvalue weighted by atomic mass is 28.5. The Kier molecular flexibility index (Phi) is 13.0. The molecule has 0 aromatic heterocycles. The molecule has 0 aliphatic carbocycles. The van der Waals surface area contributed by atoms with Gasteiger partial charge in [0.1, 0.15) is 0 Å². The van der Waals surface area contributed by atoms with Crippen LogP contribution >= 0.6 is 0 Å². The maximum atomic E-state index is 11.5. The standard InChI is InChI=1S/C20H44O5Si3/c1-10-12-16-26(5,6)24-28(9,18-15-22-11-2)25-27(7,8)17-13-14-23-20(21)19(3)4/h3,10-18H2,1-2,4-9H3. The van der Waals surface area contributed by atoms with Crippen molar-refractivity contribution >= 4 is 31.2 Å². The van der Waals surface area contributed by atoms with Crippen LogP contribution < -0.4 is 0 Å². The van der Waals surface area contributed by atoms with E-state index in [0.717, 1.165) is 25.1 Å². The molecule has 0 radical (unpaired) electrons. The molecule has 5 nitrogen and oxygen atoms in total. The summed E-state index contributed by atoms with van der Waals surface area (Å²) >= 11 is 0. The van der Waals surface area contributed by atoms with E-state index >= 15 is 0 Å². The van der Waals surface area contributed by atoms with Gasteiger partial charge in [-0.2, -0.15) is 0 Å². The second-order valence-corrected chi connectivity index (χ2v) is 21.4. The molecule has 166 valence electrons. The highest BCUT2D eigenvalue weighted by molar-refractivity contribution is 6.88. The summed E-state index contributed by atoms with van der Waals surface area (Å²) in [5.74, 6) is -0.316. The lowest BCUT2D eigenvalue weighted by Crippen LogP contribution is -2.54. The molecule has 8 heteroatoms. The molecule has 0 bridgehead atoms. The fourth-order valence-corrected chi connectivity index (χ4v) is 17.4. The number of unbranched alkanes of at least 4 members (excludes halogenated alkanes) is 1. The fourth-order valence-electron chi connectivity index (χ4n) is 3.18. The monoisotopic (exact) mass is 448 g/mol. The number of ether oxygens (including phenoxy) is 2. The maximum absolute atomic E-state index is 11.5. The molecule has 0 fully saturated rings. The van der Waals surface area contributed by atoms with Crippen molar-refractivity contribution in [2.24, 2.45) is 0 Å². The van der Waals surface area contributed by atoms with Gasteiger partial charge in [-0.1, -0.05) is 26.3 Å².